The molecule has 0 saturated heterocycles. The second-order valence-corrected chi connectivity index (χ2v) is 5.17. The number of aryl methyl sites for hydroxylation is 1. The molecule has 0 atom stereocenters. The van der Waals surface area contributed by atoms with Crippen LogP contribution in [-0.4, -0.2) is 5.91 Å². The maximum Gasteiger partial charge on any atom is 0.254 e. The second kappa shape index (κ2) is 11.9. The van der Waals surface area contributed by atoms with Gasteiger partial charge in [-0.3, -0.25) is 4.79 Å². The van der Waals surface area contributed by atoms with Crippen molar-refractivity contribution in [3.05, 3.63) is 30.1 Å². The molecule has 0 bridgehead atoms. The summed E-state index contributed by atoms with van der Waals surface area (Å²) in [4.78, 5) is 11.1. The van der Waals surface area contributed by atoms with E-state index >= 15 is 0 Å². The van der Waals surface area contributed by atoms with Crippen LogP contribution in [-0.2, 0) is 6.54 Å². The number of amides is 1. The third kappa shape index (κ3) is 8.31. The molecule has 0 aliphatic rings. The van der Waals surface area contributed by atoms with E-state index in [-0.39, 0.29) is 22.9 Å². The number of hydrogen-bond acceptors (Lipinski definition) is 1. The number of primary amides is 1. The van der Waals surface area contributed by atoms with Crippen LogP contribution < -0.4 is 10.3 Å². The van der Waals surface area contributed by atoms with E-state index in [9.17, 15) is 4.79 Å². The molecule has 1 aromatic rings. The SMILES string of the molecule is Br.CCCCCCCCCC[n+]1cccc(C(N)=O)c1. The number of unbranched alkanes of at least 4 members (excludes halogenated alkanes) is 7. The molecule has 114 valence electrons. The minimum atomic E-state index is -0.356. The zero-order valence-electron chi connectivity index (χ0n) is 12.5. The lowest BCUT2D eigenvalue weighted by Crippen LogP contribution is -2.34. The number of nitrogens with two attached hydrogens (primary N) is 1. The molecule has 0 aliphatic heterocycles. The molecule has 0 aromatic carbocycles. The van der Waals surface area contributed by atoms with Crippen molar-refractivity contribution >= 4 is 22.9 Å². The maximum absolute atomic E-state index is 11.1. The first-order chi connectivity index (χ1) is 9.24. The highest BCUT2D eigenvalue weighted by molar-refractivity contribution is 8.93. The van der Waals surface area contributed by atoms with E-state index < -0.39 is 0 Å². The van der Waals surface area contributed by atoms with Crippen LogP contribution in [0.15, 0.2) is 24.5 Å². The van der Waals surface area contributed by atoms with E-state index in [0.717, 1.165) is 6.54 Å². The van der Waals surface area contributed by atoms with Gasteiger partial charge in [0.25, 0.3) is 5.91 Å². The Hall–Kier alpha value is -0.900. The third-order valence-corrected chi connectivity index (χ3v) is 3.41. The Bertz CT molecular complexity index is 382. The van der Waals surface area contributed by atoms with Crippen LogP contribution in [0.2, 0.25) is 0 Å². The van der Waals surface area contributed by atoms with Gasteiger partial charge in [0.15, 0.2) is 12.4 Å². The van der Waals surface area contributed by atoms with Gasteiger partial charge in [0.2, 0.25) is 0 Å². The molecule has 1 heterocycles. The summed E-state index contributed by atoms with van der Waals surface area (Å²) in [7, 11) is 0. The number of aromatic nitrogens is 1. The minimum absolute atomic E-state index is 0. The van der Waals surface area contributed by atoms with E-state index in [1.165, 1.54) is 51.4 Å². The molecule has 2 N–H and O–H groups in total. The van der Waals surface area contributed by atoms with Crippen molar-refractivity contribution in [1.29, 1.82) is 0 Å². The molecule has 0 spiro atoms. The van der Waals surface area contributed by atoms with Gasteiger partial charge in [0, 0.05) is 12.5 Å². The number of hydrogen-bond donors (Lipinski definition) is 1. The van der Waals surface area contributed by atoms with E-state index in [0.29, 0.717) is 5.56 Å². The molecule has 0 unspecified atom stereocenters. The van der Waals surface area contributed by atoms with Gasteiger partial charge < -0.3 is 5.73 Å². The quantitative estimate of drug-likeness (QED) is 0.509. The highest BCUT2D eigenvalue weighted by atomic mass is 79.9. The van der Waals surface area contributed by atoms with Crippen LogP contribution >= 0.6 is 17.0 Å². The molecule has 20 heavy (non-hydrogen) atoms. The lowest BCUT2D eigenvalue weighted by atomic mass is 10.1. The summed E-state index contributed by atoms with van der Waals surface area (Å²) in [5.74, 6) is -0.356. The van der Waals surface area contributed by atoms with Gasteiger partial charge in [0.1, 0.15) is 12.1 Å². The fourth-order valence-electron chi connectivity index (χ4n) is 2.24. The average molecular weight is 344 g/mol. The van der Waals surface area contributed by atoms with Crippen molar-refractivity contribution in [2.45, 2.75) is 64.8 Å². The summed E-state index contributed by atoms with van der Waals surface area (Å²) < 4.78 is 2.05. The summed E-state index contributed by atoms with van der Waals surface area (Å²) >= 11 is 0. The van der Waals surface area contributed by atoms with Crippen LogP contribution in [0.1, 0.15) is 68.6 Å². The highest BCUT2D eigenvalue weighted by Gasteiger charge is 2.06. The molecule has 1 rings (SSSR count). The number of carbonyl (C=O) groups excluding carboxylic acids is 1. The van der Waals surface area contributed by atoms with E-state index in [2.05, 4.69) is 11.5 Å². The maximum atomic E-state index is 11.1. The van der Waals surface area contributed by atoms with Gasteiger partial charge in [0.05, 0.1) is 0 Å². The molecular formula is C16H28BrN2O+. The Morgan fingerprint density at radius 2 is 1.70 bits per heavy atom. The Balaban J connectivity index is 0.00000361. The standard InChI is InChI=1S/C16H26N2O.BrH/c1-2-3-4-5-6-7-8-9-12-18-13-10-11-15(14-18)16(17)19;/h10-11,13-14H,2-9,12H2,1H3,(H-,17,19);1H/p+1. The fourth-order valence-corrected chi connectivity index (χ4v) is 2.24. The van der Waals surface area contributed by atoms with Gasteiger partial charge in [-0.2, -0.15) is 0 Å². The van der Waals surface area contributed by atoms with Crippen LogP contribution in [0.25, 0.3) is 0 Å². The highest BCUT2D eigenvalue weighted by Crippen LogP contribution is 2.08. The topological polar surface area (TPSA) is 47.0 Å². The van der Waals surface area contributed by atoms with Crippen LogP contribution in [0.3, 0.4) is 0 Å². The molecule has 0 radical (unpaired) electrons. The summed E-state index contributed by atoms with van der Waals surface area (Å²) in [5, 5.41) is 0. The fraction of sp³-hybridized carbons (Fsp3) is 0.625. The lowest BCUT2D eigenvalue weighted by molar-refractivity contribution is -0.697. The molecule has 0 aliphatic carbocycles. The monoisotopic (exact) mass is 343 g/mol. The molecular weight excluding hydrogens is 316 g/mol. The van der Waals surface area contributed by atoms with Gasteiger partial charge in [-0.25, -0.2) is 4.57 Å². The van der Waals surface area contributed by atoms with E-state index in [1.807, 2.05) is 18.5 Å². The number of halogens is 1. The van der Waals surface area contributed by atoms with Crippen molar-refractivity contribution < 1.29 is 9.36 Å². The molecule has 1 aromatic heterocycles. The van der Waals surface area contributed by atoms with Crippen molar-refractivity contribution in [2.75, 3.05) is 0 Å². The Labute approximate surface area is 133 Å². The van der Waals surface area contributed by atoms with Crippen molar-refractivity contribution in [3.63, 3.8) is 0 Å². The lowest BCUT2D eigenvalue weighted by Gasteiger charge is -2.01. The van der Waals surface area contributed by atoms with Crippen molar-refractivity contribution in [2.24, 2.45) is 5.73 Å². The summed E-state index contributed by atoms with van der Waals surface area (Å²) in [6.45, 7) is 3.22. The summed E-state index contributed by atoms with van der Waals surface area (Å²) in [6.07, 6.45) is 14.4. The normalized spacial score (nSPS) is 10.1. The largest absolute Gasteiger partial charge is 0.365 e. The molecule has 4 heteroatoms. The third-order valence-electron chi connectivity index (χ3n) is 3.41. The predicted octanol–water partition coefficient (Wildman–Crippen LogP) is 3.79. The molecule has 0 saturated carbocycles. The Kier molecular flexibility index (Phi) is 11.4. The Morgan fingerprint density at radius 3 is 2.30 bits per heavy atom. The van der Waals surface area contributed by atoms with Crippen LogP contribution in [0.4, 0.5) is 0 Å². The first-order valence-corrected chi connectivity index (χ1v) is 7.53. The summed E-state index contributed by atoms with van der Waals surface area (Å²) in [5.41, 5.74) is 5.85. The van der Waals surface area contributed by atoms with Gasteiger partial charge in [-0.1, -0.05) is 45.4 Å². The van der Waals surface area contributed by atoms with Crippen LogP contribution in [0, 0.1) is 0 Å². The van der Waals surface area contributed by atoms with Gasteiger partial charge >= 0.3 is 0 Å². The second-order valence-electron chi connectivity index (χ2n) is 5.17. The summed E-state index contributed by atoms with van der Waals surface area (Å²) in [6, 6.07) is 3.64. The Morgan fingerprint density at radius 1 is 1.10 bits per heavy atom. The van der Waals surface area contributed by atoms with E-state index in [4.69, 9.17) is 5.73 Å². The molecule has 0 fully saturated rings. The van der Waals surface area contributed by atoms with Crippen molar-refractivity contribution in [1.82, 2.24) is 0 Å². The van der Waals surface area contributed by atoms with E-state index in [1.54, 1.807) is 6.07 Å². The van der Waals surface area contributed by atoms with Gasteiger partial charge in [-0.05, 0) is 12.5 Å². The number of pyridine rings is 1. The molecule has 1 amide bonds. The van der Waals surface area contributed by atoms with Gasteiger partial charge in [-0.15, -0.1) is 17.0 Å². The minimum Gasteiger partial charge on any atom is -0.365 e. The predicted molar refractivity (Wildman–Crippen MR) is 88.1 cm³/mol. The zero-order chi connectivity index (χ0) is 13.9. The number of carbonyl (C=O) groups is 1. The smallest absolute Gasteiger partial charge is 0.254 e. The van der Waals surface area contributed by atoms with Crippen molar-refractivity contribution in [3.8, 4) is 0 Å². The zero-order valence-corrected chi connectivity index (χ0v) is 14.2. The number of nitrogens with zero attached hydrogens (tertiary/aromatic N) is 1. The van der Waals surface area contributed by atoms with Crippen LogP contribution in [0.5, 0.6) is 0 Å². The molecule has 3 nitrogen and oxygen atoms in total. The average Bonchev–Trinajstić information content (AvgIpc) is 2.42. The first kappa shape index (κ1) is 19.1. The number of rotatable bonds is 10. The first-order valence-electron chi connectivity index (χ1n) is 7.53.